The third-order valence-electron chi connectivity index (χ3n) is 5.53. The Bertz CT molecular complexity index is 1190. The molecule has 8 heteroatoms. The molecule has 3 aromatic carbocycles. The number of hydrogen-bond acceptors (Lipinski definition) is 5. The van der Waals surface area contributed by atoms with Crippen LogP contribution in [0.3, 0.4) is 0 Å². The zero-order valence-corrected chi connectivity index (χ0v) is 18.8. The molecule has 34 heavy (non-hydrogen) atoms. The standard InChI is InChI=1S/C26H26N4O4/c1-34-19-12-10-18(11-13-19)14-15-27-26(33)20-6-2-3-7-21(20)28-16-25(32)30-17-24(31)29-22-8-4-5-9-23(22)30/h2-13,28H,14-17H2,1H3,(H,27,33)(H,29,31). The Morgan fingerprint density at radius 3 is 2.53 bits per heavy atom. The van der Waals surface area contributed by atoms with Crippen molar-refractivity contribution >= 4 is 34.8 Å². The van der Waals surface area contributed by atoms with Gasteiger partial charge >= 0.3 is 0 Å². The fraction of sp³-hybridized carbons (Fsp3) is 0.192. The molecule has 1 aliphatic heterocycles. The SMILES string of the molecule is COc1ccc(CCNC(=O)c2ccccc2NCC(=O)N2CC(=O)Nc3ccccc32)cc1. The Morgan fingerprint density at radius 1 is 1.00 bits per heavy atom. The third kappa shape index (κ3) is 5.35. The maximum Gasteiger partial charge on any atom is 0.253 e. The highest BCUT2D eigenvalue weighted by Crippen LogP contribution is 2.29. The molecule has 0 fully saturated rings. The number of amides is 3. The van der Waals surface area contributed by atoms with Gasteiger partial charge in [-0.15, -0.1) is 0 Å². The number of anilines is 3. The van der Waals surface area contributed by atoms with Crippen LogP contribution in [0.5, 0.6) is 5.75 Å². The highest BCUT2D eigenvalue weighted by molar-refractivity contribution is 6.11. The van der Waals surface area contributed by atoms with Gasteiger partial charge in [0.2, 0.25) is 11.8 Å². The number of benzene rings is 3. The zero-order valence-electron chi connectivity index (χ0n) is 18.8. The van der Waals surface area contributed by atoms with E-state index in [1.165, 1.54) is 4.90 Å². The molecule has 8 nitrogen and oxygen atoms in total. The molecular formula is C26H26N4O4. The minimum atomic E-state index is -0.267. The Morgan fingerprint density at radius 2 is 1.74 bits per heavy atom. The summed E-state index contributed by atoms with van der Waals surface area (Å²) < 4.78 is 5.16. The summed E-state index contributed by atoms with van der Waals surface area (Å²) in [5.74, 6) is 0.0449. The lowest BCUT2D eigenvalue weighted by atomic mass is 10.1. The van der Waals surface area contributed by atoms with Gasteiger partial charge in [-0.1, -0.05) is 36.4 Å². The van der Waals surface area contributed by atoms with E-state index < -0.39 is 0 Å². The Balaban J connectivity index is 1.36. The lowest BCUT2D eigenvalue weighted by molar-refractivity contribution is -0.120. The molecule has 3 amide bonds. The molecule has 1 heterocycles. The minimum Gasteiger partial charge on any atom is -0.497 e. The van der Waals surface area contributed by atoms with Gasteiger partial charge in [-0.2, -0.15) is 0 Å². The largest absolute Gasteiger partial charge is 0.497 e. The molecule has 0 saturated carbocycles. The van der Waals surface area contributed by atoms with E-state index in [-0.39, 0.29) is 30.8 Å². The second kappa shape index (κ2) is 10.5. The minimum absolute atomic E-state index is 0.0506. The van der Waals surface area contributed by atoms with Crippen LogP contribution in [0.15, 0.2) is 72.8 Å². The summed E-state index contributed by atoms with van der Waals surface area (Å²) >= 11 is 0. The van der Waals surface area contributed by atoms with E-state index in [0.29, 0.717) is 35.6 Å². The van der Waals surface area contributed by atoms with Crippen LogP contribution in [0.2, 0.25) is 0 Å². The zero-order chi connectivity index (χ0) is 23.9. The van der Waals surface area contributed by atoms with Gasteiger partial charge in [-0.25, -0.2) is 0 Å². The molecule has 0 aromatic heterocycles. The number of rotatable bonds is 8. The van der Waals surface area contributed by atoms with E-state index in [0.717, 1.165) is 11.3 Å². The van der Waals surface area contributed by atoms with Gasteiger partial charge in [-0.05, 0) is 48.4 Å². The third-order valence-corrected chi connectivity index (χ3v) is 5.53. The highest BCUT2D eigenvalue weighted by Gasteiger charge is 2.26. The van der Waals surface area contributed by atoms with Crippen molar-refractivity contribution in [3.05, 3.63) is 83.9 Å². The summed E-state index contributed by atoms with van der Waals surface area (Å²) in [6.07, 6.45) is 0.681. The summed E-state index contributed by atoms with van der Waals surface area (Å²) in [5.41, 5.74) is 3.33. The van der Waals surface area contributed by atoms with Crippen LogP contribution < -0.4 is 25.6 Å². The monoisotopic (exact) mass is 458 g/mol. The van der Waals surface area contributed by atoms with Crippen molar-refractivity contribution < 1.29 is 19.1 Å². The number of carbonyl (C=O) groups is 3. The van der Waals surface area contributed by atoms with Gasteiger partial charge in [0.1, 0.15) is 12.3 Å². The number of ether oxygens (including phenoxy) is 1. The number of nitrogens with zero attached hydrogens (tertiary/aromatic N) is 1. The number of hydrogen-bond donors (Lipinski definition) is 3. The van der Waals surface area contributed by atoms with Crippen molar-refractivity contribution in [2.24, 2.45) is 0 Å². The maximum absolute atomic E-state index is 12.9. The van der Waals surface area contributed by atoms with E-state index in [4.69, 9.17) is 4.74 Å². The van der Waals surface area contributed by atoms with Crippen molar-refractivity contribution in [3.8, 4) is 5.75 Å². The molecule has 3 N–H and O–H groups in total. The molecule has 1 aliphatic rings. The van der Waals surface area contributed by atoms with Crippen LogP contribution >= 0.6 is 0 Å². The number of para-hydroxylation sites is 3. The molecule has 0 spiro atoms. The van der Waals surface area contributed by atoms with Crippen molar-refractivity contribution in [3.63, 3.8) is 0 Å². The summed E-state index contributed by atoms with van der Waals surface area (Å²) in [6, 6.07) is 21.9. The second-order valence-corrected chi connectivity index (χ2v) is 7.80. The van der Waals surface area contributed by atoms with Crippen LogP contribution in [0.25, 0.3) is 0 Å². The fourth-order valence-electron chi connectivity index (χ4n) is 3.77. The fourth-order valence-corrected chi connectivity index (χ4v) is 3.77. The van der Waals surface area contributed by atoms with Crippen molar-refractivity contribution in [2.45, 2.75) is 6.42 Å². The molecule has 0 bridgehead atoms. The number of carbonyl (C=O) groups excluding carboxylic acids is 3. The predicted octanol–water partition coefficient (Wildman–Crippen LogP) is 3.06. The molecule has 3 aromatic rings. The predicted molar refractivity (Wildman–Crippen MR) is 131 cm³/mol. The number of fused-ring (bicyclic) bond motifs is 1. The van der Waals surface area contributed by atoms with Crippen LogP contribution in [-0.2, 0) is 16.0 Å². The Kier molecular flexibility index (Phi) is 7.07. The van der Waals surface area contributed by atoms with E-state index in [9.17, 15) is 14.4 Å². The molecule has 0 saturated heterocycles. The summed E-state index contributed by atoms with van der Waals surface area (Å²) in [4.78, 5) is 39.2. The average Bonchev–Trinajstić information content (AvgIpc) is 2.87. The normalized spacial score (nSPS) is 12.4. The van der Waals surface area contributed by atoms with Gasteiger partial charge in [0.05, 0.1) is 30.6 Å². The molecule has 0 unspecified atom stereocenters. The average molecular weight is 459 g/mol. The first-order valence-electron chi connectivity index (χ1n) is 11.0. The molecule has 174 valence electrons. The lowest BCUT2D eigenvalue weighted by Gasteiger charge is -2.29. The van der Waals surface area contributed by atoms with Crippen molar-refractivity contribution in [1.82, 2.24) is 5.32 Å². The van der Waals surface area contributed by atoms with Crippen LogP contribution in [0.1, 0.15) is 15.9 Å². The Labute approximate surface area is 197 Å². The van der Waals surface area contributed by atoms with Crippen LogP contribution in [0, 0.1) is 0 Å². The van der Waals surface area contributed by atoms with Gasteiger partial charge < -0.3 is 20.7 Å². The van der Waals surface area contributed by atoms with E-state index in [1.807, 2.05) is 30.3 Å². The van der Waals surface area contributed by atoms with Crippen LogP contribution in [-0.4, -0.2) is 44.5 Å². The van der Waals surface area contributed by atoms with Gasteiger partial charge in [0.15, 0.2) is 0 Å². The van der Waals surface area contributed by atoms with E-state index in [2.05, 4.69) is 16.0 Å². The van der Waals surface area contributed by atoms with Gasteiger partial charge in [-0.3, -0.25) is 19.3 Å². The smallest absolute Gasteiger partial charge is 0.253 e. The maximum atomic E-state index is 12.9. The van der Waals surface area contributed by atoms with Gasteiger partial charge in [0.25, 0.3) is 5.91 Å². The molecule has 4 rings (SSSR count). The lowest BCUT2D eigenvalue weighted by Crippen LogP contribution is -2.44. The summed E-state index contributed by atoms with van der Waals surface area (Å²) in [5, 5.41) is 8.76. The van der Waals surface area contributed by atoms with E-state index >= 15 is 0 Å². The van der Waals surface area contributed by atoms with Crippen molar-refractivity contribution in [1.29, 1.82) is 0 Å². The first kappa shape index (κ1) is 22.8. The quantitative estimate of drug-likeness (QED) is 0.482. The molecular weight excluding hydrogens is 432 g/mol. The first-order chi connectivity index (χ1) is 16.5. The summed E-state index contributed by atoms with van der Waals surface area (Å²) in [7, 11) is 1.62. The van der Waals surface area contributed by atoms with Crippen molar-refractivity contribution in [2.75, 3.05) is 42.3 Å². The van der Waals surface area contributed by atoms with Gasteiger partial charge in [0, 0.05) is 12.2 Å². The first-order valence-corrected chi connectivity index (χ1v) is 11.0. The van der Waals surface area contributed by atoms with Crippen LogP contribution in [0.4, 0.5) is 17.1 Å². The molecule has 0 atom stereocenters. The number of nitrogens with one attached hydrogen (secondary N) is 3. The molecule has 0 radical (unpaired) electrons. The summed E-state index contributed by atoms with van der Waals surface area (Å²) in [6.45, 7) is 0.362. The number of methoxy groups -OCH3 is 1. The topological polar surface area (TPSA) is 99.8 Å². The Hall–Kier alpha value is -4.33. The van der Waals surface area contributed by atoms with E-state index in [1.54, 1.807) is 49.6 Å². The highest BCUT2D eigenvalue weighted by atomic mass is 16.5. The second-order valence-electron chi connectivity index (χ2n) is 7.80. The molecule has 0 aliphatic carbocycles.